The molecule has 0 N–H and O–H groups in total. The average molecular weight is 163 g/mol. The Labute approximate surface area is 72.9 Å². The molecule has 1 aliphatic heterocycles. The summed E-state index contributed by atoms with van der Waals surface area (Å²) in [5, 5.41) is 0. The van der Waals surface area contributed by atoms with E-state index in [1.807, 2.05) is 24.4 Å². The molecule has 0 fully saturated rings. The number of rotatable bonds is 3. The molecule has 2 nitrogen and oxygen atoms in total. The molecule has 0 amide bonds. The van der Waals surface area contributed by atoms with Crippen molar-refractivity contribution in [3.8, 4) is 0 Å². The Morgan fingerprint density at radius 1 is 1.83 bits per heavy atom. The van der Waals surface area contributed by atoms with Crippen molar-refractivity contribution in [1.29, 1.82) is 0 Å². The quantitative estimate of drug-likeness (QED) is 0.588. The van der Waals surface area contributed by atoms with E-state index in [0.29, 0.717) is 0 Å². The molecule has 1 rings (SSSR count). The monoisotopic (exact) mass is 163 g/mol. The molecule has 0 radical (unpaired) electrons. The third kappa shape index (κ3) is 2.09. The fourth-order valence-corrected chi connectivity index (χ4v) is 1.09. The van der Waals surface area contributed by atoms with Crippen LogP contribution < -0.4 is 0 Å². The number of allylic oxidation sites excluding steroid dienone is 2. The first kappa shape index (κ1) is 8.78. The highest BCUT2D eigenvalue weighted by Gasteiger charge is 2.05. The molecule has 0 spiro atoms. The first-order valence-electron chi connectivity index (χ1n) is 3.98. The van der Waals surface area contributed by atoms with Crippen LogP contribution in [-0.2, 0) is 4.79 Å². The van der Waals surface area contributed by atoms with Crippen LogP contribution in [0.1, 0.15) is 6.92 Å². The molecule has 12 heavy (non-hydrogen) atoms. The molecule has 0 atom stereocenters. The Kier molecular flexibility index (Phi) is 2.86. The van der Waals surface area contributed by atoms with Crippen molar-refractivity contribution in [2.45, 2.75) is 6.92 Å². The highest BCUT2D eigenvalue weighted by Crippen LogP contribution is 2.07. The third-order valence-corrected chi connectivity index (χ3v) is 1.78. The minimum atomic E-state index is 0.129. The Balaban J connectivity index is 2.55. The lowest BCUT2D eigenvalue weighted by molar-refractivity contribution is -0.113. The summed E-state index contributed by atoms with van der Waals surface area (Å²) in [4.78, 5) is 13.0. The van der Waals surface area contributed by atoms with Gasteiger partial charge < -0.3 is 4.90 Å². The van der Waals surface area contributed by atoms with E-state index in [4.69, 9.17) is 0 Å². The van der Waals surface area contributed by atoms with E-state index in [0.717, 1.165) is 18.7 Å². The molecule has 1 aliphatic rings. The van der Waals surface area contributed by atoms with Crippen LogP contribution in [0.25, 0.3) is 0 Å². The van der Waals surface area contributed by atoms with E-state index in [2.05, 4.69) is 11.5 Å². The van der Waals surface area contributed by atoms with Crippen LogP contribution in [0, 0.1) is 0 Å². The predicted octanol–water partition coefficient (Wildman–Crippen LogP) is 1.52. The number of carbonyl (C=O) groups is 1. The van der Waals surface area contributed by atoms with Crippen LogP contribution in [0.3, 0.4) is 0 Å². The third-order valence-electron chi connectivity index (χ3n) is 1.78. The summed E-state index contributed by atoms with van der Waals surface area (Å²) in [6.07, 6.45) is 7.55. The summed E-state index contributed by atoms with van der Waals surface area (Å²) in [5.41, 5.74) is 0.801. The molecule has 0 aromatic heterocycles. The molecule has 0 saturated heterocycles. The Morgan fingerprint density at radius 3 is 3.00 bits per heavy atom. The smallest absolute Gasteiger partial charge is 0.159 e. The molecule has 1 heterocycles. The lowest BCUT2D eigenvalue weighted by atomic mass is 10.1. The van der Waals surface area contributed by atoms with Gasteiger partial charge in [-0.3, -0.25) is 4.79 Å². The molecule has 0 saturated carbocycles. The molecule has 0 aliphatic carbocycles. The number of hydrogen-bond donors (Lipinski definition) is 0. The lowest BCUT2D eigenvalue weighted by Gasteiger charge is -2.19. The maximum absolute atomic E-state index is 10.9. The summed E-state index contributed by atoms with van der Waals surface area (Å²) in [6, 6.07) is 0. The second-order valence-electron chi connectivity index (χ2n) is 2.77. The van der Waals surface area contributed by atoms with E-state index in [1.165, 1.54) is 0 Å². The van der Waals surface area contributed by atoms with Gasteiger partial charge in [0.1, 0.15) is 0 Å². The predicted molar refractivity (Wildman–Crippen MR) is 49.7 cm³/mol. The standard InChI is InChI=1S/C10H13NO/c1-3-6-11-7-4-10(5-8-11)9(2)12/h3-5,7H,1,6,8H2,2H3. The second-order valence-corrected chi connectivity index (χ2v) is 2.77. The van der Waals surface area contributed by atoms with Crippen LogP contribution in [0.4, 0.5) is 0 Å². The zero-order chi connectivity index (χ0) is 8.97. The molecular formula is C10H13NO. The topological polar surface area (TPSA) is 20.3 Å². The largest absolute Gasteiger partial charge is 0.370 e. The normalized spacial score (nSPS) is 15.8. The fraction of sp³-hybridized carbons (Fsp3) is 0.300. The van der Waals surface area contributed by atoms with Gasteiger partial charge in [-0.05, 0) is 13.0 Å². The second kappa shape index (κ2) is 3.90. The van der Waals surface area contributed by atoms with E-state index >= 15 is 0 Å². The Morgan fingerprint density at radius 2 is 2.58 bits per heavy atom. The van der Waals surface area contributed by atoms with Gasteiger partial charge >= 0.3 is 0 Å². The minimum Gasteiger partial charge on any atom is -0.370 e. The highest BCUT2D eigenvalue weighted by molar-refractivity contribution is 5.96. The van der Waals surface area contributed by atoms with Crippen LogP contribution >= 0.6 is 0 Å². The zero-order valence-corrected chi connectivity index (χ0v) is 7.29. The Hall–Kier alpha value is -1.31. The van der Waals surface area contributed by atoms with Crippen molar-refractivity contribution in [1.82, 2.24) is 4.90 Å². The van der Waals surface area contributed by atoms with Crippen molar-refractivity contribution in [2.75, 3.05) is 13.1 Å². The number of Topliss-reactive ketones (excluding diaryl/α,β-unsaturated/α-hetero) is 1. The summed E-state index contributed by atoms with van der Waals surface area (Å²) < 4.78 is 0. The van der Waals surface area contributed by atoms with E-state index in [1.54, 1.807) is 6.92 Å². The number of ketones is 1. The first-order valence-corrected chi connectivity index (χ1v) is 3.98. The van der Waals surface area contributed by atoms with Gasteiger partial charge in [0.05, 0.1) is 0 Å². The lowest BCUT2D eigenvalue weighted by Crippen LogP contribution is -2.20. The van der Waals surface area contributed by atoms with Crippen molar-refractivity contribution >= 4 is 5.78 Å². The maximum atomic E-state index is 10.9. The molecule has 0 aromatic rings. The zero-order valence-electron chi connectivity index (χ0n) is 7.29. The molecule has 64 valence electrons. The van der Waals surface area contributed by atoms with Crippen molar-refractivity contribution in [3.63, 3.8) is 0 Å². The molecule has 0 aromatic carbocycles. The van der Waals surface area contributed by atoms with Gasteiger partial charge in [-0.2, -0.15) is 0 Å². The SMILES string of the molecule is C=CCN1C=CC(C(C)=O)=CC1. The van der Waals surface area contributed by atoms with Gasteiger partial charge in [0.2, 0.25) is 0 Å². The first-order chi connectivity index (χ1) is 5.74. The summed E-state index contributed by atoms with van der Waals surface area (Å²) in [6.45, 7) is 6.86. The van der Waals surface area contributed by atoms with Crippen LogP contribution in [0.5, 0.6) is 0 Å². The fourth-order valence-electron chi connectivity index (χ4n) is 1.09. The number of nitrogens with zero attached hydrogens (tertiary/aromatic N) is 1. The molecule has 0 bridgehead atoms. The van der Waals surface area contributed by atoms with Crippen LogP contribution in [0.15, 0.2) is 36.6 Å². The molecule has 2 heteroatoms. The summed E-state index contributed by atoms with van der Waals surface area (Å²) in [7, 11) is 0. The van der Waals surface area contributed by atoms with Crippen molar-refractivity contribution in [3.05, 3.63) is 36.6 Å². The maximum Gasteiger partial charge on any atom is 0.159 e. The van der Waals surface area contributed by atoms with Gasteiger partial charge in [0, 0.05) is 24.9 Å². The van der Waals surface area contributed by atoms with Gasteiger partial charge in [-0.15, -0.1) is 6.58 Å². The van der Waals surface area contributed by atoms with E-state index in [9.17, 15) is 4.79 Å². The minimum absolute atomic E-state index is 0.129. The molecular weight excluding hydrogens is 150 g/mol. The number of hydrogen-bond acceptors (Lipinski definition) is 2. The Bertz CT molecular complexity index is 251. The van der Waals surface area contributed by atoms with Crippen LogP contribution in [0.2, 0.25) is 0 Å². The van der Waals surface area contributed by atoms with E-state index in [-0.39, 0.29) is 5.78 Å². The summed E-state index contributed by atoms with van der Waals surface area (Å²) in [5.74, 6) is 0.129. The highest BCUT2D eigenvalue weighted by atomic mass is 16.1. The summed E-state index contributed by atoms with van der Waals surface area (Å²) >= 11 is 0. The van der Waals surface area contributed by atoms with Gasteiger partial charge in [0.15, 0.2) is 5.78 Å². The van der Waals surface area contributed by atoms with Gasteiger partial charge in [-0.25, -0.2) is 0 Å². The average Bonchev–Trinajstić information content (AvgIpc) is 2.06. The van der Waals surface area contributed by atoms with Crippen molar-refractivity contribution in [2.24, 2.45) is 0 Å². The van der Waals surface area contributed by atoms with Gasteiger partial charge in [0.25, 0.3) is 0 Å². The van der Waals surface area contributed by atoms with Gasteiger partial charge in [-0.1, -0.05) is 12.2 Å². The van der Waals surface area contributed by atoms with Crippen LogP contribution in [-0.4, -0.2) is 23.8 Å². The molecule has 0 unspecified atom stereocenters. The van der Waals surface area contributed by atoms with E-state index < -0.39 is 0 Å². The van der Waals surface area contributed by atoms with Crippen molar-refractivity contribution < 1.29 is 4.79 Å². The number of carbonyl (C=O) groups excluding carboxylic acids is 1.